The predicted octanol–water partition coefficient (Wildman–Crippen LogP) is 9.44. The summed E-state index contributed by atoms with van der Waals surface area (Å²) < 4.78 is 6.98. The van der Waals surface area contributed by atoms with Gasteiger partial charge in [0.15, 0.2) is 0 Å². The fraction of sp³-hybridized carbons (Fsp3) is 0.394. The first kappa shape index (κ1) is 29.4. The van der Waals surface area contributed by atoms with Crippen molar-refractivity contribution in [1.29, 1.82) is 0 Å². The van der Waals surface area contributed by atoms with Crippen molar-refractivity contribution in [1.82, 2.24) is 0 Å². The van der Waals surface area contributed by atoms with Crippen LogP contribution in [0.5, 0.6) is 0 Å². The molecule has 0 amide bonds. The van der Waals surface area contributed by atoms with Gasteiger partial charge in [0.05, 0.1) is 6.61 Å². The van der Waals surface area contributed by atoms with Gasteiger partial charge in [0.25, 0.3) is 0 Å². The molecule has 0 aromatic rings. The Morgan fingerprint density at radius 2 is 1.12 bits per heavy atom. The van der Waals surface area contributed by atoms with Gasteiger partial charge in [0.1, 0.15) is 5.60 Å². The highest BCUT2D eigenvalue weighted by Crippen LogP contribution is 2.70. The second-order valence-electron chi connectivity index (χ2n) is 9.20. The second-order valence-corrected chi connectivity index (χ2v) is 9.20. The lowest BCUT2D eigenvalue weighted by Crippen LogP contribution is -2.65. The Morgan fingerprint density at radius 1 is 0.588 bits per heavy atom. The first-order chi connectivity index (χ1) is 16.5. The fourth-order valence-electron chi connectivity index (χ4n) is 6.82. The van der Waals surface area contributed by atoms with Gasteiger partial charge in [-0.25, -0.2) is 0 Å². The third-order valence-corrected chi connectivity index (χ3v) is 7.69. The molecule has 184 valence electrons. The molecule has 0 aliphatic heterocycles. The molecule has 2 unspecified atom stereocenters. The van der Waals surface area contributed by atoms with Gasteiger partial charge in [-0.1, -0.05) is 60.3 Å². The first-order valence-electron chi connectivity index (χ1n) is 12.3. The first-order valence-corrected chi connectivity index (χ1v) is 12.3. The minimum Gasteiger partial charge on any atom is -0.366 e. The summed E-state index contributed by atoms with van der Waals surface area (Å²) in [5.41, 5.74) is 1.35. The summed E-state index contributed by atoms with van der Waals surface area (Å²) in [4.78, 5) is 0. The van der Waals surface area contributed by atoms with Crippen molar-refractivity contribution in [2.45, 2.75) is 57.0 Å². The Hall–Kier alpha value is -2.64. The van der Waals surface area contributed by atoms with Crippen molar-refractivity contribution >= 4 is 0 Å². The van der Waals surface area contributed by atoms with E-state index < -0.39 is 5.60 Å². The van der Waals surface area contributed by atoms with E-state index in [1.54, 1.807) is 0 Å². The van der Waals surface area contributed by atoms with Gasteiger partial charge in [0.2, 0.25) is 0 Å². The SMILES string of the molecule is C=CCOC1(CC=C)C(CC=C)=C(CC=C)C(CC=C)C(CC=C)(CC=C)C1(CC=C)CC=C. The summed E-state index contributed by atoms with van der Waals surface area (Å²) in [6.45, 7) is 37.8. The maximum atomic E-state index is 6.98. The highest BCUT2D eigenvalue weighted by atomic mass is 16.5. The van der Waals surface area contributed by atoms with Crippen molar-refractivity contribution in [3.63, 3.8) is 0 Å². The van der Waals surface area contributed by atoms with Crippen LogP contribution in [0.15, 0.2) is 125 Å². The molecule has 1 rings (SSSR count). The monoisotopic (exact) mass is 458 g/mol. The van der Waals surface area contributed by atoms with Crippen LogP contribution in [0.2, 0.25) is 0 Å². The summed E-state index contributed by atoms with van der Waals surface area (Å²) in [6, 6.07) is 0. The summed E-state index contributed by atoms with van der Waals surface area (Å²) in [6.07, 6.45) is 24.1. The van der Waals surface area contributed by atoms with E-state index in [1.807, 2.05) is 42.5 Å². The van der Waals surface area contributed by atoms with Crippen molar-refractivity contribution < 1.29 is 4.74 Å². The Kier molecular flexibility index (Phi) is 12.0. The van der Waals surface area contributed by atoms with Gasteiger partial charge < -0.3 is 4.74 Å². The summed E-state index contributed by atoms with van der Waals surface area (Å²) in [5.74, 6) is 0.208. The molecule has 1 heteroatoms. The molecule has 1 aliphatic rings. The van der Waals surface area contributed by atoms with Gasteiger partial charge in [0, 0.05) is 5.41 Å². The van der Waals surface area contributed by atoms with Gasteiger partial charge >= 0.3 is 0 Å². The van der Waals surface area contributed by atoms with E-state index in [4.69, 9.17) is 4.74 Å². The molecule has 0 radical (unpaired) electrons. The molecule has 0 aromatic carbocycles. The van der Waals surface area contributed by atoms with Crippen LogP contribution in [-0.2, 0) is 4.74 Å². The largest absolute Gasteiger partial charge is 0.366 e. The summed E-state index contributed by atoms with van der Waals surface area (Å²) in [7, 11) is 0. The van der Waals surface area contributed by atoms with Crippen molar-refractivity contribution in [3.05, 3.63) is 125 Å². The van der Waals surface area contributed by atoms with Crippen molar-refractivity contribution in [2.24, 2.45) is 16.7 Å². The van der Waals surface area contributed by atoms with Gasteiger partial charge in [-0.15, -0.1) is 59.2 Å². The van der Waals surface area contributed by atoms with Crippen LogP contribution < -0.4 is 0 Å². The summed E-state index contributed by atoms with van der Waals surface area (Å²) >= 11 is 0. The van der Waals surface area contributed by atoms with Crippen LogP contribution >= 0.6 is 0 Å². The van der Waals surface area contributed by atoms with Gasteiger partial charge in [-0.2, -0.15) is 0 Å². The third kappa shape index (κ3) is 4.91. The molecule has 0 heterocycles. The third-order valence-electron chi connectivity index (χ3n) is 7.69. The number of rotatable bonds is 19. The van der Waals surface area contributed by atoms with E-state index >= 15 is 0 Å². The van der Waals surface area contributed by atoms with E-state index in [1.165, 1.54) is 11.1 Å². The predicted molar refractivity (Wildman–Crippen MR) is 153 cm³/mol. The Labute approximate surface area is 210 Å². The van der Waals surface area contributed by atoms with Crippen LogP contribution in [0.4, 0.5) is 0 Å². The van der Waals surface area contributed by atoms with Gasteiger partial charge in [-0.05, 0) is 68.3 Å². The van der Waals surface area contributed by atoms with E-state index in [-0.39, 0.29) is 16.7 Å². The zero-order chi connectivity index (χ0) is 25.7. The number of hydrogen-bond acceptors (Lipinski definition) is 1. The zero-order valence-corrected chi connectivity index (χ0v) is 21.4. The number of hydrogen-bond donors (Lipinski definition) is 0. The lowest BCUT2D eigenvalue weighted by atomic mass is 9.39. The van der Waals surface area contributed by atoms with Crippen molar-refractivity contribution in [2.75, 3.05) is 6.61 Å². The molecule has 1 aliphatic carbocycles. The molecule has 0 saturated carbocycles. The van der Waals surface area contributed by atoms with E-state index in [0.29, 0.717) is 13.0 Å². The Morgan fingerprint density at radius 3 is 1.53 bits per heavy atom. The van der Waals surface area contributed by atoms with Gasteiger partial charge in [-0.3, -0.25) is 0 Å². The van der Waals surface area contributed by atoms with Crippen LogP contribution in [-0.4, -0.2) is 12.2 Å². The minimum atomic E-state index is -0.651. The molecule has 0 fully saturated rings. The Bertz CT molecular complexity index is 799. The molecule has 0 aromatic heterocycles. The maximum absolute atomic E-state index is 6.98. The molecule has 0 spiro atoms. The molecule has 0 saturated heterocycles. The highest BCUT2D eigenvalue weighted by molar-refractivity contribution is 5.43. The molecule has 0 N–H and O–H groups in total. The van der Waals surface area contributed by atoms with E-state index in [9.17, 15) is 0 Å². The molecule has 34 heavy (non-hydrogen) atoms. The fourth-order valence-corrected chi connectivity index (χ4v) is 6.82. The maximum Gasteiger partial charge on any atom is 0.100 e. The topological polar surface area (TPSA) is 9.23 Å². The Balaban J connectivity index is 4.52. The van der Waals surface area contributed by atoms with E-state index in [2.05, 4.69) is 71.4 Å². The van der Waals surface area contributed by atoms with Crippen LogP contribution in [0.3, 0.4) is 0 Å². The molecular weight excluding hydrogens is 412 g/mol. The lowest BCUT2D eigenvalue weighted by molar-refractivity contribution is -0.185. The molecule has 0 bridgehead atoms. The smallest absolute Gasteiger partial charge is 0.100 e. The highest BCUT2D eigenvalue weighted by Gasteiger charge is 2.67. The molecule has 1 nitrogen and oxygen atoms in total. The average Bonchev–Trinajstić information content (AvgIpc) is 2.82. The number of ether oxygens (including phenoxy) is 1. The van der Waals surface area contributed by atoms with Crippen LogP contribution in [0.1, 0.15) is 51.4 Å². The van der Waals surface area contributed by atoms with Crippen molar-refractivity contribution in [3.8, 4) is 0 Å². The molecular formula is C33H46O. The molecule has 2 atom stereocenters. The summed E-state index contributed by atoms with van der Waals surface area (Å²) in [5, 5.41) is 0. The average molecular weight is 459 g/mol. The minimum absolute atomic E-state index is 0.208. The quantitative estimate of drug-likeness (QED) is 0.175. The zero-order valence-electron chi connectivity index (χ0n) is 21.4. The van der Waals surface area contributed by atoms with Crippen LogP contribution in [0, 0.1) is 16.7 Å². The number of allylic oxidation sites excluding steroid dienone is 8. The lowest BCUT2D eigenvalue weighted by Gasteiger charge is -2.67. The van der Waals surface area contributed by atoms with Crippen LogP contribution in [0.25, 0.3) is 0 Å². The van der Waals surface area contributed by atoms with E-state index in [0.717, 1.165) is 44.9 Å². The normalized spacial score (nSPS) is 22.8. The standard InChI is InChI=1S/C33H46O/c1-10-19-28-29(20-11-2)31(22-13-4,23-14-5)32(24-15-6,25-16-7)33(26-17-8,34-27-18-9)30(28)21-12-3/h10-18,29H,1-9,19-27H2. The second kappa shape index (κ2) is 13.9.